The molecular weight excluding hydrogens is 552 g/mol. The Hall–Kier alpha value is -3.23. The number of methoxy groups -OCH3 is 1. The Morgan fingerprint density at radius 1 is 0.909 bits per heavy atom. The molecule has 6 nitrogen and oxygen atoms in total. The first-order valence-electron chi connectivity index (χ1n) is 9.94. The molecule has 0 spiro atoms. The van der Waals surface area contributed by atoms with Crippen molar-refractivity contribution in [2.45, 2.75) is 6.42 Å². The third-order valence-corrected chi connectivity index (χ3v) is 6.67. The van der Waals surface area contributed by atoms with Crippen LogP contribution in [0.25, 0.3) is 6.08 Å². The number of urea groups is 1. The van der Waals surface area contributed by atoms with Gasteiger partial charge in [-0.2, -0.15) is 0 Å². The van der Waals surface area contributed by atoms with Crippen LogP contribution in [0.2, 0.25) is 0 Å². The van der Waals surface area contributed by atoms with Gasteiger partial charge >= 0.3 is 6.03 Å². The highest BCUT2D eigenvalue weighted by Crippen LogP contribution is 2.28. The molecule has 1 heterocycles. The third-order valence-electron chi connectivity index (χ3n) is 5.16. The molecule has 1 N–H and O–H groups in total. The Balaban J connectivity index is 1.62. The number of carbonyl (C=O) groups excluding carboxylic acids is 3. The molecule has 3 aromatic carbocycles. The van der Waals surface area contributed by atoms with E-state index in [4.69, 9.17) is 4.74 Å². The van der Waals surface area contributed by atoms with E-state index in [0.717, 1.165) is 25.0 Å². The quantitative estimate of drug-likeness (QED) is 0.326. The Bertz CT molecular complexity index is 1290. The summed E-state index contributed by atoms with van der Waals surface area (Å²) >= 11 is 7.15. The Labute approximate surface area is 207 Å². The van der Waals surface area contributed by atoms with E-state index in [2.05, 4.69) is 37.2 Å². The summed E-state index contributed by atoms with van der Waals surface area (Å²) in [5.74, 6) is -0.839. The van der Waals surface area contributed by atoms with Gasteiger partial charge < -0.3 is 4.74 Å². The number of hydrogen-bond acceptors (Lipinski definition) is 4. The van der Waals surface area contributed by atoms with Crippen LogP contribution < -0.4 is 15.0 Å². The molecule has 0 unspecified atom stereocenters. The number of amides is 4. The number of rotatable bonds is 5. The summed E-state index contributed by atoms with van der Waals surface area (Å²) in [7, 11) is 1.52. The summed E-state index contributed by atoms with van der Waals surface area (Å²) in [6.45, 7) is 0. The highest BCUT2D eigenvalue weighted by molar-refractivity contribution is 9.10. The fourth-order valence-corrected chi connectivity index (χ4v) is 4.40. The molecule has 0 atom stereocenters. The van der Waals surface area contributed by atoms with Crippen molar-refractivity contribution in [2.75, 3.05) is 12.0 Å². The fourth-order valence-electron chi connectivity index (χ4n) is 3.43. The molecule has 8 heteroatoms. The number of hydrogen-bond donors (Lipinski definition) is 1. The van der Waals surface area contributed by atoms with Crippen LogP contribution in [0.4, 0.5) is 10.5 Å². The van der Waals surface area contributed by atoms with E-state index in [0.29, 0.717) is 23.4 Å². The summed E-state index contributed by atoms with van der Waals surface area (Å²) in [5.41, 5.74) is 3.05. The van der Waals surface area contributed by atoms with Crippen LogP contribution in [0.1, 0.15) is 16.7 Å². The highest BCUT2D eigenvalue weighted by Gasteiger charge is 2.36. The van der Waals surface area contributed by atoms with Crippen LogP contribution in [0.15, 0.2) is 81.2 Å². The normalized spacial score (nSPS) is 15.1. The lowest BCUT2D eigenvalue weighted by Crippen LogP contribution is -2.54. The number of ether oxygens (including phenoxy) is 1. The lowest BCUT2D eigenvalue weighted by atomic mass is 10.0. The molecule has 0 saturated carbocycles. The fraction of sp³-hybridized carbons (Fsp3) is 0.0800. The molecule has 166 valence electrons. The maximum atomic E-state index is 13.1. The molecule has 0 aromatic heterocycles. The van der Waals surface area contributed by atoms with Gasteiger partial charge in [0.2, 0.25) is 0 Å². The molecule has 4 amide bonds. The van der Waals surface area contributed by atoms with Gasteiger partial charge in [-0.3, -0.25) is 14.9 Å². The van der Waals surface area contributed by atoms with E-state index in [1.807, 2.05) is 42.5 Å². The van der Waals surface area contributed by atoms with Crippen LogP contribution in [-0.2, 0) is 16.0 Å². The minimum absolute atomic E-state index is 0.129. The van der Waals surface area contributed by atoms with Crippen molar-refractivity contribution >= 4 is 61.5 Å². The summed E-state index contributed by atoms with van der Waals surface area (Å²) in [5, 5.41) is 2.23. The summed E-state index contributed by atoms with van der Waals surface area (Å²) in [6.07, 6.45) is 2.19. The zero-order valence-electron chi connectivity index (χ0n) is 17.5. The Morgan fingerprint density at radius 3 is 2.27 bits per heavy atom. The smallest absolute Gasteiger partial charge is 0.335 e. The van der Waals surface area contributed by atoms with E-state index < -0.39 is 17.8 Å². The minimum Gasteiger partial charge on any atom is -0.497 e. The first-order valence-corrected chi connectivity index (χ1v) is 11.5. The molecule has 4 rings (SSSR count). The number of benzene rings is 3. The highest BCUT2D eigenvalue weighted by atomic mass is 79.9. The van der Waals surface area contributed by atoms with Crippen molar-refractivity contribution in [1.82, 2.24) is 5.32 Å². The molecule has 0 radical (unpaired) electrons. The zero-order chi connectivity index (χ0) is 23.5. The Kier molecular flexibility index (Phi) is 6.76. The van der Waals surface area contributed by atoms with E-state index >= 15 is 0 Å². The largest absolute Gasteiger partial charge is 0.497 e. The van der Waals surface area contributed by atoms with Crippen LogP contribution in [0.3, 0.4) is 0 Å². The van der Waals surface area contributed by atoms with Crippen molar-refractivity contribution in [3.05, 3.63) is 97.9 Å². The standard InChI is InChI=1S/C25H18Br2N2O4/c1-33-19-10-8-18(9-11-19)29-24(31)20(23(30)28-25(29)32)12-15-6-7-17(22(27)13-15)14-16-4-2-3-5-21(16)26/h2-13H,14H2,1H3,(H,28,30,32)/b20-12+. The number of carbonyl (C=O) groups is 3. The van der Waals surface area contributed by atoms with Gasteiger partial charge in [0.1, 0.15) is 11.3 Å². The van der Waals surface area contributed by atoms with Crippen molar-refractivity contribution in [3.8, 4) is 5.75 Å². The SMILES string of the molecule is COc1ccc(N2C(=O)NC(=O)/C(=C\c3ccc(Cc4ccccc4Br)c(Br)c3)C2=O)cc1. The second kappa shape index (κ2) is 9.72. The topological polar surface area (TPSA) is 75.7 Å². The van der Waals surface area contributed by atoms with Crippen molar-refractivity contribution in [1.29, 1.82) is 0 Å². The number of anilines is 1. The van der Waals surface area contributed by atoms with Gasteiger partial charge in [0, 0.05) is 8.95 Å². The second-order valence-electron chi connectivity index (χ2n) is 7.27. The van der Waals surface area contributed by atoms with Crippen LogP contribution in [-0.4, -0.2) is 25.0 Å². The van der Waals surface area contributed by atoms with Crippen LogP contribution in [0, 0.1) is 0 Å². The summed E-state index contributed by atoms with van der Waals surface area (Å²) in [4.78, 5) is 38.8. The summed E-state index contributed by atoms with van der Waals surface area (Å²) in [6, 6.07) is 19.2. The molecule has 1 saturated heterocycles. The zero-order valence-corrected chi connectivity index (χ0v) is 20.6. The maximum absolute atomic E-state index is 13.1. The van der Waals surface area contributed by atoms with Crippen molar-refractivity contribution < 1.29 is 19.1 Å². The number of imide groups is 2. The molecule has 3 aromatic rings. The minimum atomic E-state index is -0.794. The lowest BCUT2D eigenvalue weighted by Gasteiger charge is -2.26. The molecule has 1 fully saturated rings. The average Bonchev–Trinajstić information content (AvgIpc) is 2.80. The monoisotopic (exact) mass is 568 g/mol. The van der Waals surface area contributed by atoms with E-state index in [1.165, 1.54) is 13.2 Å². The number of nitrogens with one attached hydrogen (secondary N) is 1. The average molecular weight is 570 g/mol. The van der Waals surface area contributed by atoms with Crippen molar-refractivity contribution in [3.63, 3.8) is 0 Å². The van der Waals surface area contributed by atoms with E-state index in [1.54, 1.807) is 24.3 Å². The number of halogens is 2. The predicted octanol–water partition coefficient (Wildman–Crippen LogP) is 5.48. The third kappa shape index (κ3) is 4.91. The van der Waals surface area contributed by atoms with Gasteiger partial charge in [-0.1, -0.05) is 62.2 Å². The van der Waals surface area contributed by atoms with Crippen LogP contribution in [0.5, 0.6) is 5.75 Å². The van der Waals surface area contributed by atoms with Gasteiger partial charge in [-0.05, 0) is 65.6 Å². The second-order valence-corrected chi connectivity index (χ2v) is 8.98. The first-order chi connectivity index (χ1) is 15.9. The van der Waals surface area contributed by atoms with Gasteiger partial charge in [-0.25, -0.2) is 9.69 Å². The van der Waals surface area contributed by atoms with Gasteiger partial charge in [0.05, 0.1) is 12.8 Å². The van der Waals surface area contributed by atoms with Crippen molar-refractivity contribution in [2.24, 2.45) is 0 Å². The van der Waals surface area contributed by atoms with Gasteiger partial charge in [0.25, 0.3) is 11.8 Å². The summed E-state index contributed by atoms with van der Waals surface area (Å²) < 4.78 is 6.99. The van der Waals surface area contributed by atoms with Crippen LogP contribution >= 0.6 is 31.9 Å². The Morgan fingerprint density at radius 2 is 1.61 bits per heavy atom. The van der Waals surface area contributed by atoms with E-state index in [9.17, 15) is 14.4 Å². The molecule has 1 aliphatic rings. The molecule has 0 bridgehead atoms. The number of barbiturate groups is 1. The lowest BCUT2D eigenvalue weighted by molar-refractivity contribution is -0.122. The first kappa shape index (κ1) is 22.9. The van der Waals surface area contributed by atoms with Gasteiger partial charge in [0.15, 0.2) is 0 Å². The molecule has 33 heavy (non-hydrogen) atoms. The predicted molar refractivity (Wildman–Crippen MR) is 133 cm³/mol. The number of nitrogens with zero attached hydrogens (tertiary/aromatic N) is 1. The molecular formula is C25H18Br2N2O4. The molecule has 0 aliphatic carbocycles. The molecule has 1 aliphatic heterocycles. The van der Waals surface area contributed by atoms with Gasteiger partial charge in [-0.15, -0.1) is 0 Å². The van der Waals surface area contributed by atoms with E-state index in [-0.39, 0.29) is 5.57 Å². The maximum Gasteiger partial charge on any atom is 0.335 e.